The van der Waals surface area contributed by atoms with Gasteiger partial charge in [0.25, 0.3) is 10.0 Å². The number of para-hydroxylation sites is 1. The van der Waals surface area contributed by atoms with Gasteiger partial charge < -0.3 is 15.0 Å². The zero-order valence-electron chi connectivity index (χ0n) is 26.1. The highest BCUT2D eigenvalue weighted by Crippen LogP contribution is 2.29. The third-order valence-corrected chi connectivity index (χ3v) is 9.46. The molecule has 8 nitrogen and oxygen atoms in total. The number of carbonyl (C=O) groups excluding carboxylic acids is 2. The molecule has 0 aromatic heterocycles. The Morgan fingerprint density at radius 1 is 0.826 bits per heavy atom. The number of carbonyl (C=O) groups is 2. The van der Waals surface area contributed by atoms with E-state index >= 15 is 0 Å². The molecule has 1 atom stereocenters. The molecule has 0 heterocycles. The lowest BCUT2D eigenvalue weighted by atomic mass is 10.1. The van der Waals surface area contributed by atoms with Crippen LogP contribution >= 0.6 is 23.2 Å². The smallest absolute Gasteiger partial charge is 0.264 e. The molecule has 0 saturated carbocycles. The lowest BCUT2D eigenvalue weighted by Crippen LogP contribution is -2.55. The van der Waals surface area contributed by atoms with E-state index in [9.17, 15) is 18.0 Å². The van der Waals surface area contributed by atoms with Crippen molar-refractivity contribution in [3.8, 4) is 11.5 Å². The fourth-order valence-electron chi connectivity index (χ4n) is 4.76. The Morgan fingerprint density at radius 2 is 1.41 bits per heavy atom. The number of amides is 2. The number of hydrogen-bond donors (Lipinski definition) is 1. The van der Waals surface area contributed by atoms with Crippen molar-refractivity contribution >= 4 is 50.7 Å². The summed E-state index contributed by atoms with van der Waals surface area (Å²) in [6, 6.07) is 27.6. The zero-order chi connectivity index (χ0) is 33.5. The molecule has 0 radical (unpaired) electrons. The lowest BCUT2D eigenvalue weighted by Gasteiger charge is -2.34. The number of benzene rings is 4. The molecule has 0 fully saturated rings. The highest BCUT2D eigenvalue weighted by atomic mass is 35.5. The quantitative estimate of drug-likeness (QED) is 0.165. The van der Waals surface area contributed by atoms with Gasteiger partial charge >= 0.3 is 0 Å². The molecule has 1 N–H and O–H groups in total. The minimum Gasteiger partial charge on any atom is -0.457 e. The van der Waals surface area contributed by atoms with E-state index < -0.39 is 34.1 Å². The third-order valence-electron chi connectivity index (χ3n) is 6.93. The van der Waals surface area contributed by atoms with Crippen molar-refractivity contribution in [1.29, 1.82) is 0 Å². The van der Waals surface area contributed by atoms with E-state index in [4.69, 9.17) is 27.9 Å². The summed E-state index contributed by atoms with van der Waals surface area (Å²) >= 11 is 12.4. The number of hydrogen-bond acceptors (Lipinski definition) is 5. The van der Waals surface area contributed by atoms with E-state index in [-0.39, 0.29) is 29.5 Å². The van der Waals surface area contributed by atoms with Crippen molar-refractivity contribution in [2.24, 2.45) is 0 Å². The van der Waals surface area contributed by atoms with Gasteiger partial charge in [-0.05, 0) is 93.4 Å². The first-order valence-corrected chi connectivity index (χ1v) is 16.9. The zero-order valence-corrected chi connectivity index (χ0v) is 28.4. The standard InChI is InChI=1S/C35H37Cl2N3O5S/c1-5-32(34(42)38-35(2,3)4)39(23-25-16-21-30(36)31(37)22-25)33(41)24-40(46(43,44)29-14-10-7-11-15-29)26-17-19-28(20-18-26)45-27-12-8-6-9-13-27/h6-22,32H,5,23-24H2,1-4H3,(H,38,42)/t32-/m1/s1. The molecule has 46 heavy (non-hydrogen) atoms. The Kier molecular flexibility index (Phi) is 11.4. The topological polar surface area (TPSA) is 96.0 Å². The number of sulfonamides is 1. The normalized spacial score (nSPS) is 12.2. The molecular formula is C35H37Cl2N3O5S. The van der Waals surface area contributed by atoms with Crippen LogP contribution in [0.2, 0.25) is 10.0 Å². The van der Waals surface area contributed by atoms with Gasteiger partial charge in [0, 0.05) is 12.1 Å². The van der Waals surface area contributed by atoms with Gasteiger partial charge in [-0.1, -0.05) is 72.6 Å². The molecular weight excluding hydrogens is 645 g/mol. The summed E-state index contributed by atoms with van der Waals surface area (Å²) in [7, 11) is -4.22. The van der Waals surface area contributed by atoms with Crippen LogP contribution in [-0.2, 0) is 26.2 Å². The summed E-state index contributed by atoms with van der Waals surface area (Å²) in [6.45, 7) is 6.77. The van der Waals surface area contributed by atoms with Crippen LogP contribution in [0.1, 0.15) is 39.7 Å². The van der Waals surface area contributed by atoms with E-state index in [0.717, 1.165) is 4.31 Å². The van der Waals surface area contributed by atoms with Crippen molar-refractivity contribution in [3.05, 3.63) is 119 Å². The number of rotatable bonds is 12. The maximum atomic E-state index is 14.3. The first kappa shape index (κ1) is 34.8. The molecule has 0 aliphatic carbocycles. The first-order chi connectivity index (χ1) is 21.8. The molecule has 4 aromatic carbocycles. The van der Waals surface area contributed by atoms with E-state index in [1.54, 1.807) is 79.7 Å². The Bertz CT molecular complexity index is 1750. The van der Waals surface area contributed by atoms with Crippen molar-refractivity contribution in [2.45, 2.75) is 57.1 Å². The summed E-state index contributed by atoms with van der Waals surface area (Å²) in [6.07, 6.45) is 0.284. The van der Waals surface area contributed by atoms with Crippen LogP contribution < -0.4 is 14.4 Å². The molecule has 0 aliphatic heterocycles. The van der Waals surface area contributed by atoms with E-state index in [1.165, 1.54) is 17.0 Å². The molecule has 11 heteroatoms. The second-order valence-corrected chi connectivity index (χ2v) is 14.3. The fourth-order valence-corrected chi connectivity index (χ4v) is 6.52. The van der Waals surface area contributed by atoms with Crippen molar-refractivity contribution in [3.63, 3.8) is 0 Å². The van der Waals surface area contributed by atoms with Gasteiger partial charge in [-0.3, -0.25) is 13.9 Å². The molecule has 4 rings (SSSR count). The Hall–Kier alpha value is -4.05. The Balaban J connectivity index is 1.73. The third kappa shape index (κ3) is 9.02. The summed E-state index contributed by atoms with van der Waals surface area (Å²) < 4.78 is 35.1. The summed E-state index contributed by atoms with van der Waals surface area (Å²) in [5, 5.41) is 3.60. The maximum Gasteiger partial charge on any atom is 0.264 e. The predicted octanol–water partition coefficient (Wildman–Crippen LogP) is 7.70. The van der Waals surface area contributed by atoms with Gasteiger partial charge in [-0.25, -0.2) is 8.42 Å². The second-order valence-electron chi connectivity index (χ2n) is 11.7. The largest absolute Gasteiger partial charge is 0.457 e. The number of nitrogens with zero attached hydrogens (tertiary/aromatic N) is 2. The fraction of sp³-hybridized carbons (Fsp3) is 0.257. The van der Waals surface area contributed by atoms with Crippen molar-refractivity contribution < 1.29 is 22.7 Å². The average molecular weight is 683 g/mol. The minimum atomic E-state index is -4.22. The summed E-state index contributed by atoms with van der Waals surface area (Å²) in [4.78, 5) is 29.2. The molecule has 0 saturated heterocycles. The van der Waals surface area contributed by atoms with Crippen LogP contribution in [0.25, 0.3) is 0 Å². The molecule has 0 unspecified atom stereocenters. The predicted molar refractivity (Wildman–Crippen MR) is 183 cm³/mol. The number of halogens is 2. The van der Waals surface area contributed by atoms with Crippen LogP contribution in [0.3, 0.4) is 0 Å². The van der Waals surface area contributed by atoms with Gasteiger partial charge in [0.1, 0.15) is 24.1 Å². The molecule has 2 amide bonds. The van der Waals surface area contributed by atoms with Gasteiger partial charge in [0.05, 0.1) is 20.6 Å². The van der Waals surface area contributed by atoms with Gasteiger partial charge in [-0.15, -0.1) is 0 Å². The minimum absolute atomic E-state index is 0.00509. The molecule has 0 aliphatic rings. The van der Waals surface area contributed by atoms with Gasteiger partial charge in [-0.2, -0.15) is 0 Å². The molecule has 4 aromatic rings. The summed E-state index contributed by atoms with van der Waals surface area (Å²) in [5.74, 6) is 0.176. The van der Waals surface area contributed by atoms with Gasteiger partial charge in [0.15, 0.2) is 0 Å². The number of anilines is 1. The lowest BCUT2D eigenvalue weighted by molar-refractivity contribution is -0.141. The number of ether oxygens (including phenoxy) is 1. The highest BCUT2D eigenvalue weighted by Gasteiger charge is 2.34. The van der Waals surface area contributed by atoms with E-state index in [2.05, 4.69) is 5.32 Å². The molecule has 0 spiro atoms. The van der Waals surface area contributed by atoms with E-state index in [0.29, 0.717) is 27.1 Å². The summed E-state index contributed by atoms with van der Waals surface area (Å²) in [5.41, 5.74) is 0.318. The van der Waals surface area contributed by atoms with Crippen LogP contribution in [0, 0.1) is 0 Å². The molecule has 0 bridgehead atoms. The monoisotopic (exact) mass is 681 g/mol. The maximum absolute atomic E-state index is 14.3. The highest BCUT2D eigenvalue weighted by molar-refractivity contribution is 7.92. The Labute approximate surface area is 280 Å². The van der Waals surface area contributed by atoms with Gasteiger partial charge in [0.2, 0.25) is 11.8 Å². The Morgan fingerprint density at radius 3 is 1.98 bits per heavy atom. The van der Waals surface area contributed by atoms with Crippen LogP contribution in [-0.4, -0.2) is 43.3 Å². The van der Waals surface area contributed by atoms with Crippen molar-refractivity contribution in [1.82, 2.24) is 10.2 Å². The average Bonchev–Trinajstić information content (AvgIpc) is 3.02. The van der Waals surface area contributed by atoms with Crippen molar-refractivity contribution in [2.75, 3.05) is 10.8 Å². The van der Waals surface area contributed by atoms with Crippen LogP contribution in [0.5, 0.6) is 11.5 Å². The van der Waals surface area contributed by atoms with Crippen LogP contribution in [0.4, 0.5) is 5.69 Å². The number of nitrogens with one attached hydrogen (secondary N) is 1. The van der Waals surface area contributed by atoms with Crippen LogP contribution in [0.15, 0.2) is 108 Å². The second kappa shape index (κ2) is 15.0. The SMILES string of the molecule is CC[C@H](C(=O)NC(C)(C)C)N(Cc1ccc(Cl)c(Cl)c1)C(=O)CN(c1ccc(Oc2ccccc2)cc1)S(=O)(=O)c1ccccc1. The first-order valence-electron chi connectivity index (χ1n) is 14.7. The van der Waals surface area contributed by atoms with E-state index in [1.807, 2.05) is 39.0 Å². The molecule has 242 valence electrons.